The Balaban J connectivity index is 2.36. The van der Waals surface area contributed by atoms with Crippen LogP contribution < -0.4 is 5.32 Å². The molecule has 0 amide bonds. The summed E-state index contributed by atoms with van der Waals surface area (Å²) in [5.41, 5.74) is 3.29. The molecule has 0 aromatic heterocycles. The largest absolute Gasteiger partial charge is 0.384 e. The molecule has 0 fully saturated rings. The van der Waals surface area contributed by atoms with Gasteiger partial charge in [0, 0.05) is 24.2 Å². The normalized spacial score (nSPS) is 13.6. The third-order valence-electron chi connectivity index (χ3n) is 2.46. The average Bonchev–Trinajstić information content (AvgIpc) is 2.63. The number of ketones is 1. The van der Waals surface area contributed by atoms with Crippen molar-refractivity contribution in [3.05, 3.63) is 29.3 Å². The van der Waals surface area contributed by atoms with Crippen molar-refractivity contribution in [2.45, 2.75) is 19.8 Å². The second-order valence-corrected chi connectivity index (χ2v) is 3.33. The highest BCUT2D eigenvalue weighted by molar-refractivity contribution is 5.97. The van der Waals surface area contributed by atoms with Crippen molar-refractivity contribution in [3.8, 4) is 0 Å². The molecule has 0 radical (unpaired) electrons. The van der Waals surface area contributed by atoms with Crippen LogP contribution in [0.3, 0.4) is 0 Å². The molecule has 1 aliphatic heterocycles. The van der Waals surface area contributed by atoms with Crippen LogP contribution in [0.2, 0.25) is 0 Å². The number of hydrogen-bond donors (Lipinski definition) is 1. The molecule has 1 heterocycles. The van der Waals surface area contributed by atoms with Crippen molar-refractivity contribution >= 4 is 11.5 Å². The molecule has 13 heavy (non-hydrogen) atoms. The highest BCUT2D eigenvalue weighted by atomic mass is 16.1. The van der Waals surface area contributed by atoms with E-state index in [1.807, 2.05) is 19.1 Å². The van der Waals surface area contributed by atoms with Crippen molar-refractivity contribution in [1.82, 2.24) is 0 Å². The average molecular weight is 175 g/mol. The lowest BCUT2D eigenvalue weighted by atomic mass is 10.1. The summed E-state index contributed by atoms with van der Waals surface area (Å²) in [5, 5.41) is 3.27. The Hall–Kier alpha value is -1.31. The maximum Gasteiger partial charge on any atom is 0.162 e. The van der Waals surface area contributed by atoms with Gasteiger partial charge in [0.25, 0.3) is 0 Å². The van der Waals surface area contributed by atoms with E-state index in [2.05, 4.69) is 11.4 Å². The van der Waals surface area contributed by atoms with Gasteiger partial charge >= 0.3 is 0 Å². The number of benzene rings is 1. The number of hydrogen-bond acceptors (Lipinski definition) is 2. The molecule has 0 saturated carbocycles. The molecule has 1 aromatic rings. The SMILES string of the molecule is CCC(=O)c1ccc2c(c1)NCC2. The third-order valence-corrected chi connectivity index (χ3v) is 2.46. The van der Waals surface area contributed by atoms with Gasteiger partial charge in [-0.15, -0.1) is 0 Å². The van der Waals surface area contributed by atoms with Crippen molar-refractivity contribution in [1.29, 1.82) is 0 Å². The molecule has 0 spiro atoms. The second-order valence-electron chi connectivity index (χ2n) is 3.33. The Morgan fingerprint density at radius 3 is 3.15 bits per heavy atom. The molecule has 2 nitrogen and oxygen atoms in total. The zero-order valence-corrected chi connectivity index (χ0v) is 7.76. The van der Waals surface area contributed by atoms with E-state index in [0.29, 0.717) is 6.42 Å². The number of carbonyl (C=O) groups is 1. The molecule has 68 valence electrons. The predicted molar refractivity (Wildman–Crippen MR) is 53.3 cm³/mol. The van der Waals surface area contributed by atoms with Crippen LogP contribution >= 0.6 is 0 Å². The Kier molecular flexibility index (Phi) is 2.05. The number of nitrogens with one attached hydrogen (secondary N) is 1. The number of carbonyl (C=O) groups excluding carboxylic acids is 1. The molecular formula is C11H13NO. The smallest absolute Gasteiger partial charge is 0.162 e. The summed E-state index contributed by atoms with van der Waals surface area (Å²) in [5.74, 6) is 0.219. The summed E-state index contributed by atoms with van der Waals surface area (Å²) in [7, 11) is 0. The quantitative estimate of drug-likeness (QED) is 0.698. The van der Waals surface area contributed by atoms with Gasteiger partial charge in [0.05, 0.1) is 0 Å². The molecule has 2 rings (SSSR count). The van der Waals surface area contributed by atoms with Crippen LogP contribution in [0.5, 0.6) is 0 Å². The van der Waals surface area contributed by atoms with Crippen molar-refractivity contribution in [2.24, 2.45) is 0 Å². The summed E-state index contributed by atoms with van der Waals surface area (Å²) in [6.45, 7) is 2.89. The fourth-order valence-electron chi connectivity index (χ4n) is 1.67. The summed E-state index contributed by atoms with van der Waals surface area (Å²) in [4.78, 5) is 11.4. The number of Topliss-reactive ketones (excluding diaryl/α,β-unsaturated/α-hetero) is 1. The molecule has 0 unspecified atom stereocenters. The zero-order chi connectivity index (χ0) is 9.26. The van der Waals surface area contributed by atoms with E-state index >= 15 is 0 Å². The Morgan fingerprint density at radius 1 is 1.54 bits per heavy atom. The first-order chi connectivity index (χ1) is 6.31. The van der Waals surface area contributed by atoms with E-state index in [0.717, 1.165) is 24.2 Å². The molecule has 0 saturated heterocycles. The van der Waals surface area contributed by atoms with Crippen LogP contribution in [0.4, 0.5) is 5.69 Å². The third kappa shape index (κ3) is 1.44. The lowest BCUT2D eigenvalue weighted by Gasteiger charge is -2.02. The van der Waals surface area contributed by atoms with E-state index in [-0.39, 0.29) is 5.78 Å². The molecular weight excluding hydrogens is 162 g/mol. The first-order valence-corrected chi connectivity index (χ1v) is 4.71. The predicted octanol–water partition coefficient (Wildman–Crippen LogP) is 2.25. The van der Waals surface area contributed by atoms with Gasteiger partial charge in [-0.25, -0.2) is 0 Å². The van der Waals surface area contributed by atoms with E-state index in [9.17, 15) is 4.79 Å². The van der Waals surface area contributed by atoms with Crippen LogP contribution in [0.25, 0.3) is 0 Å². The summed E-state index contributed by atoms with van der Waals surface area (Å²) in [6.07, 6.45) is 1.66. The van der Waals surface area contributed by atoms with Crippen LogP contribution in [0, 0.1) is 0 Å². The van der Waals surface area contributed by atoms with E-state index in [1.54, 1.807) is 0 Å². The Bertz CT molecular complexity index is 344. The molecule has 1 aromatic carbocycles. The van der Waals surface area contributed by atoms with Crippen LogP contribution in [0.1, 0.15) is 29.3 Å². The lowest BCUT2D eigenvalue weighted by Crippen LogP contribution is -1.97. The fourth-order valence-corrected chi connectivity index (χ4v) is 1.67. The molecule has 0 atom stereocenters. The number of rotatable bonds is 2. The Morgan fingerprint density at radius 2 is 2.38 bits per heavy atom. The van der Waals surface area contributed by atoms with Gasteiger partial charge in [0.1, 0.15) is 0 Å². The molecule has 0 aliphatic carbocycles. The van der Waals surface area contributed by atoms with Gasteiger partial charge in [0.15, 0.2) is 5.78 Å². The van der Waals surface area contributed by atoms with E-state index in [4.69, 9.17) is 0 Å². The van der Waals surface area contributed by atoms with Gasteiger partial charge in [0.2, 0.25) is 0 Å². The molecule has 2 heteroatoms. The first kappa shape index (κ1) is 8.30. The summed E-state index contributed by atoms with van der Waals surface area (Å²) < 4.78 is 0. The number of anilines is 1. The maximum absolute atomic E-state index is 11.4. The van der Waals surface area contributed by atoms with Crippen LogP contribution in [0.15, 0.2) is 18.2 Å². The highest BCUT2D eigenvalue weighted by Crippen LogP contribution is 2.23. The van der Waals surface area contributed by atoms with Crippen LogP contribution in [-0.4, -0.2) is 12.3 Å². The summed E-state index contributed by atoms with van der Waals surface area (Å²) >= 11 is 0. The van der Waals surface area contributed by atoms with Crippen LogP contribution in [-0.2, 0) is 6.42 Å². The van der Waals surface area contributed by atoms with Crippen molar-refractivity contribution < 1.29 is 4.79 Å². The first-order valence-electron chi connectivity index (χ1n) is 4.71. The molecule has 1 N–H and O–H groups in total. The molecule has 0 bridgehead atoms. The summed E-state index contributed by atoms with van der Waals surface area (Å²) in [6, 6.07) is 5.95. The van der Waals surface area contributed by atoms with Crippen molar-refractivity contribution in [2.75, 3.05) is 11.9 Å². The minimum absolute atomic E-state index is 0.219. The van der Waals surface area contributed by atoms with E-state index < -0.39 is 0 Å². The maximum atomic E-state index is 11.4. The topological polar surface area (TPSA) is 29.1 Å². The Labute approximate surface area is 78.0 Å². The fraction of sp³-hybridized carbons (Fsp3) is 0.364. The highest BCUT2D eigenvalue weighted by Gasteiger charge is 2.11. The number of fused-ring (bicyclic) bond motifs is 1. The second kappa shape index (κ2) is 3.21. The minimum Gasteiger partial charge on any atom is -0.384 e. The standard InChI is InChI=1S/C11H13NO/c1-2-11(13)9-4-3-8-5-6-12-10(8)7-9/h3-4,7,12H,2,5-6H2,1H3. The van der Waals surface area contributed by atoms with Gasteiger partial charge in [-0.3, -0.25) is 4.79 Å². The van der Waals surface area contributed by atoms with E-state index in [1.165, 1.54) is 5.56 Å². The minimum atomic E-state index is 0.219. The monoisotopic (exact) mass is 175 g/mol. The van der Waals surface area contributed by atoms with Gasteiger partial charge in [-0.1, -0.05) is 19.1 Å². The molecule has 1 aliphatic rings. The van der Waals surface area contributed by atoms with Gasteiger partial charge in [-0.05, 0) is 18.1 Å². The lowest BCUT2D eigenvalue weighted by molar-refractivity contribution is 0.0988. The van der Waals surface area contributed by atoms with Gasteiger partial charge in [-0.2, -0.15) is 0 Å². The van der Waals surface area contributed by atoms with Crippen molar-refractivity contribution in [3.63, 3.8) is 0 Å². The zero-order valence-electron chi connectivity index (χ0n) is 7.76. The van der Waals surface area contributed by atoms with Gasteiger partial charge < -0.3 is 5.32 Å².